The van der Waals surface area contributed by atoms with E-state index in [-0.39, 0.29) is 12.1 Å². The van der Waals surface area contributed by atoms with Gasteiger partial charge in [0.15, 0.2) is 16.6 Å². The second kappa shape index (κ2) is 9.39. The Bertz CT molecular complexity index is 1010. The first kappa shape index (κ1) is 22.6. The third kappa shape index (κ3) is 4.66. The average Bonchev–Trinajstić information content (AvgIpc) is 2.73. The Hall–Kier alpha value is -3.06. The van der Waals surface area contributed by atoms with Crippen molar-refractivity contribution in [1.82, 2.24) is 5.32 Å². The number of hydrogen-bond donors (Lipinski definition) is 1. The van der Waals surface area contributed by atoms with Gasteiger partial charge in [0.1, 0.15) is 0 Å². The average molecular weight is 441 g/mol. The maximum atomic E-state index is 13.1. The molecule has 2 aromatic carbocycles. The molecule has 0 bridgehead atoms. The molecule has 3 rings (SSSR count). The summed E-state index contributed by atoms with van der Waals surface area (Å²) in [6.45, 7) is 7.57. The molecule has 1 atom stereocenters. The first-order chi connectivity index (χ1) is 14.8. The number of anilines is 1. The van der Waals surface area contributed by atoms with E-state index in [1.807, 2.05) is 75.1 Å². The molecule has 0 saturated carbocycles. The third-order valence-electron chi connectivity index (χ3n) is 5.08. The Morgan fingerprint density at radius 2 is 1.68 bits per heavy atom. The van der Waals surface area contributed by atoms with E-state index in [0.717, 1.165) is 16.8 Å². The van der Waals surface area contributed by atoms with Gasteiger partial charge in [-0.1, -0.05) is 29.8 Å². The number of ether oxygens (including phenoxy) is 3. The van der Waals surface area contributed by atoms with E-state index in [1.165, 1.54) is 0 Å². The highest BCUT2D eigenvalue weighted by Gasteiger charge is 2.36. The molecule has 0 aliphatic carbocycles. The number of nitrogens with zero attached hydrogens (tertiary/aromatic N) is 1. The van der Waals surface area contributed by atoms with E-state index in [0.29, 0.717) is 27.9 Å². The first-order valence-electron chi connectivity index (χ1n) is 10.1. The third-order valence-corrected chi connectivity index (χ3v) is 5.38. The van der Waals surface area contributed by atoms with Crippen LogP contribution in [-0.4, -0.2) is 31.4 Å². The minimum absolute atomic E-state index is 0.241. The van der Waals surface area contributed by atoms with Gasteiger partial charge in [0.05, 0.1) is 37.6 Å². The molecule has 0 spiro atoms. The molecule has 1 heterocycles. The normalized spacial score (nSPS) is 16.3. The zero-order chi connectivity index (χ0) is 22.7. The van der Waals surface area contributed by atoms with Gasteiger partial charge in [0.25, 0.3) is 0 Å². The van der Waals surface area contributed by atoms with Gasteiger partial charge in [-0.15, -0.1) is 0 Å². The van der Waals surface area contributed by atoms with Crippen molar-refractivity contribution < 1.29 is 19.0 Å². The maximum absolute atomic E-state index is 13.1. The fourth-order valence-electron chi connectivity index (χ4n) is 3.57. The van der Waals surface area contributed by atoms with E-state index >= 15 is 0 Å². The summed E-state index contributed by atoms with van der Waals surface area (Å²) in [5.41, 5.74) is 4.05. The lowest BCUT2D eigenvalue weighted by Crippen LogP contribution is -2.48. The number of nitrogens with one attached hydrogen (secondary N) is 1. The Morgan fingerprint density at radius 3 is 2.26 bits per heavy atom. The number of esters is 1. The lowest BCUT2D eigenvalue weighted by molar-refractivity contribution is -0.143. The Labute approximate surface area is 188 Å². The number of allylic oxidation sites excluding steroid dienone is 1. The van der Waals surface area contributed by atoms with E-state index < -0.39 is 6.04 Å². The quantitative estimate of drug-likeness (QED) is 0.517. The van der Waals surface area contributed by atoms with Crippen molar-refractivity contribution in [2.75, 3.05) is 19.1 Å². The van der Waals surface area contributed by atoms with Crippen molar-refractivity contribution in [1.29, 1.82) is 0 Å². The van der Waals surface area contributed by atoms with Gasteiger partial charge >= 0.3 is 5.97 Å². The number of carbonyl (C=O) groups excluding carboxylic acids is 1. The standard InChI is InChI=1S/C24H28N2O4S/c1-14(2)30-23(27)21-16(4)26(18-11-12-19(28-5)20(13-18)29-6)24(31)25-22(21)17-9-7-15(3)8-10-17/h7-14,22H,1-6H3,(H,25,31). The van der Waals surface area contributed by atoms with Crippen LogP contribution in [0.1, 0.15) is 37.9 Å². The van der Waals surface area contributed by atoms with Gasteiger partial charge in [-0.05, 0) is 57.6 Å². The maximum Gasteiger partial charge on any atom is 0.338 e. The highest BCUT2D eigenvalue weighted by molar-refractivity contribution is 7.80. The van der Waals surface area contributed by atoms with Crippen LogP contribution in [0, 0.1) is 6.92 Å². The molecule has 0 radical (unpaired) electrons. The largest absolute Gasteiger partial charge is 0.493 e. The van der Waals surface area contributed by atoms with Crippen LogP contribution in [0.3, 0.4) is 0 Å². The lowest BCUT2D eigenvalue weighted by Gasteiger charge is -2.38. The molecular formula is C24H28N2O4S. The van der Waals surface area contributed by atoms with E-state index in [4.69, 9.17) is 26.4 Å². The molecule has 0 saturated heterocycles. The van der Waals surface area contributed by atoms with Crippen molar-refractivity contribution in [3.05, 3.63) is 64.9 Å². The fourth-order valence-corrected chi connectivity index (χ4v) is 3.93. The molecule has 0 aromatic heterocycles. The summed E-state index contributed by atoms with van der Waals surface area (Å²) >= 11 is 5.71. The minimum Gasteiger partial charge on any atom is -0.493 e. The summed E-state index contributed by atoms with van der Waals surface area (Å²) in [4.78, 5) is 15.0. The molecule has 164 valence electrons. The van der Waals surface area contributed by atoms with E-state index in [2.05, 4.69) is 5.32 Å². The Morgan fingerprint density at radius 1 is 1.03 bits per heavy atom. The molecule has 0 fully saturated rings. The van der Waals surface area contributed by atoms with Gasteiger partial charge in [0.2, 0.25) is 0 Å². The zero-order valence-corrected chi connectivity index (χ0v) is 19.5. The Kier molecular flexibility index (Phi) is 6.85. The van der Waals surface area contributed by atoms with Crippen LogP contribution in [0.2, 0.25) is 0 Å². The molecule has 1 unspecified atom stereocenters. The van der Waals surface area contributed by atoms with Gasteiger partial charge in [-0.25, -0.2) is 4.79 Å². The number of methoxy groups -OCH3 is 2. The molecule has 0 amide bonds. The van der Waals surface area contributed by atoms with Crippen LogP contribution >= 0.6 is 12.2 Å². The predicted molar refractivity (Wildman–Crippen MR) is 126 cm³/mol. The highest BCUT2D eigenvalue weighted by Crippen LogP contribution is 2.38. The summed E-state index contributed by atoms with van der Waals surface area (Å²) in [7, 11) is 3.16. The van der Waals surface area contributed by atoms with Gasteiger partial charge in [0, 0.05) is 11.8 Å². The van der Waals surface area contributed by atoms with Crippen molar-refractivity contribution in [3.63, 3.8) is 0 Å². The zero-order valence-electron chi connectivity index (χ0n) is 18.7. The van der Waals surface area contributed by atoms with E-state index in [9.17, 15) is 4.79 Å². The van der Waals surface area contributed by atoms with Crippen LogP contribution in [0.5, 0.6) is 11.5 Å². The van der Waals surface area contributed by atoms with Crippen LogP contribution in [0.4, 0.5) is 5.69 Å². The summed E-state index contributed by atoms with van der Waals surface area (Å²) in [5, 5.41) is 3.81. The second-order valence-corrected chi connectivity index (χ2v) is 8.01. The van der Waals surface area contributed by atoms with E-state index in [1.54, 1.807) is 14.2 Å². The van der Waals surface area contributed by atoms with Crippen LogP contribution in [0.25, 0.3) is 0 Å². The molecular weight excluding hydrogens is 412 g/mol. The van der Waals surface area contributed by atoms with Crippen LogP contribution in [-0.2, 0) is 9.53 Å². The van der Waals surface area contributed by atoms with Crippen molar-refractivity contribution in [2.24, 2.45) is 0 Å². The van der Waals surface area contributed by atoms with Crippen molar-refractivity contribution in [3.8, 4) is 11.5 Å². The molecule has 7 heteroatoms. The minimum atomic E-state index is -0.407. The van der Waals surface area contributed by atoms with Crippen molar-refractivity contribution in [2.45, 2.75) is 39.8 Å². The lowest BCUT2D eigenvalue weighted by atomic mass is 9.94. The molecule has 1 aliphatic rings. The predicted octanol–water partition coefficient (Wildman–Crippen LogP) is 4.67. The van der Waals surface area contributed by atoms with Crippen LogP contribution < -0.4 is 19.7 Å². The molecule has 6 nitrogen and oxygen atoms in total. The van der Waals surface area contributed by atoms with Crippen molar-refractivity contribution >= 4 is 29.0 Å². The van der Waals surface area contributed by atoms with Gasteiger partial charge in [-0.2, -0.15) is 0 Å². The summed E-state index contributed by atoms with van der Waals surface area (Å²) in [5.74, 6) is 0.807. The fraction of sp³-hybridized carbons (Fsp3) is 0.333. The number of benzene rings is 2. The molecule has 1 aliphatic heterocycles. The number of thiocarbonyl (C=S) groups is 1. The second-order valence-electron chi connectivity index (χ2n) is 7.62. The molecule has 31 heavy (non-hydrogen) atoms. The number of rotatable bonds is 6. The number of aryl methyl sites for hydroxylation is 1. The SMILES string of the molecule is COc1ccc(N2C(=S)NC(c3ccc(C)cc3)C(C(=O)OC(C)C)=C2C)cc1OC. The topological polar surface area (TPSA) is 60.0 Å². The Balaban J connectivity index is 2.13. The first-order valence-corrected chi connectivity index (χ1v) is 10.5. The summed E-state index contributed by atoms with van der Waals surface area (Å²) in [6.07, 6.45) is -0.241. The number of carbonyl (C=O) groups is 1. The molecule has 2 aromatic rings. The van der Waals surface area contributed by atoms with Crippen LogP contribution in [0.15, 0.2) is 53.7 Å². The number of hydrogen-bond acceptors (Lipinski definition) is 5. The summed E-state index contributed by atoms with van der Waals surface area (Å²) < 4.78 is 16.4. The van der Waals surface area contributed by atoms with Gasteiger partial charge < -0.3 is 19.5 Å². The smallest absolute Gasteiger partial charge is 0.338 e. The summed E-state index contributed by atoms with van der Waals surface area (Å²) in [6, 6.07) is 13.1. The highest BCUT2D eigenvalue weighted by atomic mass is 32.1. The van der Waals surface area contributed by atoms with Gasteiger partial charge in [-0.3, -0.25) is 4.90 Å². The molecule has 1 N–H and O–H groups in total. The monoisotopic (exact) mass is 440 g/mol.